The first-order valence-corrected chi connectivity index (χ1v) is 5.64. The van der Waals surface area contributed by atoms with Gasteiger partial charge in [-0.1, -0.05) is 6.07 Å². The first kappa shape index (κ1) is 12.1. The molecule has 1 heterocycles. The largest absolute Gasteiger partial charge is 0.398 e. The number of rotatable bonds is 2. The third kappa shape index (κ3) is 2.32. The number of aromatic nitrogens is 1. The second-order valence-electron chi connectivity index (χ2n) is 4.14. The van der Waals surface area contributed by atoms with Gasteiger partial charge in [-0.05, 0) is 36.8 Å². The van der Waals surface area contributed by atoms with Gasteiger partial charge in [-0.15, -0.1) is 0 Å². The van der Waals surface area contributed by atoms with E-state index in [1.165, 1.54) is 0 Å². The fraction of sp³-hybridized carbons (Fsp3) is 0.143. The number of nitrogen functional groups attached to an aromatic ring is 1. The monoisotopic (exact) mass is 241 g/mol. The fourth-order valence-electron chi connectivity index (χ4n) is 1.65. The van der Waals surface area contributed by atoms with Crippen molar-refractivity contribution >= 4 is 17.3 Å². The summed E-state index contributed by atoms with van der Waals surface area (Å²) in [6, 6.07) is 8.91. The number of hydrogen-bond donors (Lipinski definition) is 1. The Morgan fingerprint density at radius 1 is 1.22 bits per heavy atom. The van der Waals surface area contributed by atoms with Gasteiger partial charge in [0, 0.05) is 36.4 Å². The Labute approximate surface area is 106 Å². The summed E-state index contributed by atoms with van der Waals surface area (Å²) in [7, 11) is 1.73. The first-order valence-electron chi connectivity index (χ1n) is 5.64. The molecular formula is C14H15N3O. The van der Waals surface area contributed by atoms with Gasteiger partial charge in [0.15, 0.2) is 0 Å². The highest BCUT2D eigenvalue weighted by atomic mass is 16.2. The topological polar surface area (TPSA) is 59.2 Å². The van der Waals surface area contributed by atoms with Crippen LogP contribution < -0.4 is 10.6 Å². The Morgan fingerprint density at radius 2 is 1.89 bits per heavy atom. The summed E-state index contributed by atoms with van der Waals surface area (Å²) in [6.07, 6.45) is 3.31. The molecule has 0 saturated carbocycles. The van der Waals surface area contributed by atoms with Crippen LogP contribution in [-0.2, 0) is 0 Å². The van der Waals surface area contributed by atoms with E-state index in [0.717, 1.165) is 11.3 Å². The quantitative estimate of drug-likeness (QED) is 0.820. The van der Waals surface area contributed by atoms with Gasteiger partial charge in [0.2, 0.25) is 0 Å². The third-order valence-electron chi connectivity index (χ3n) is 2.88. The van der Waals surface area contributed by atoms with Crippen molar-refractivity contribution in [3.8, 4) is 0 Å². The lowest BCUT2D eigenvalue weighted by atomic mass is 10.1. The van der Waals surface area contributed by atoms with Crippen molar-refractivity contribution in [3.05, 3.63) is 53.9 Å². The lowest BCUT2D eigenvalue weighted by Gasteiger charge is -2.17. The number of nitrogens with two attached hydrogens (primary N) is 1. The number of amides is 1. The smallest absolute Gasteiger partial charge is 0.258 e. The molecule has 0 spiro atoms. The normalized spacial score (nSPS) is 10.1. The van der Waals surface area contributed by atoms with Crippen LogP contribution in [0.3, 0.4) is 0 Å². The maximum absolute atomic E-state index is 12.3. The van der Waals surface area contributed by atoms with Crippen molar-refractivity contribution in [3.63, 3.8) is 0 Å². The molecule has 0 unspecified atom stereocenters. The number of aryl methyl sites for hydroxylation is 1. The first-order chi connectivity index (χ1) is 8.59. The van der Waals surface area contributed by atoms with Crippen LogP contribution in [0.2, 0.25) is 0 Å². The standard InChI is InChI=1S/C14H15N3O/c1-10-3-4-11(9-13(10)15)14(18)17(2)12-5-7-16-8-6-12/h3-9H,15H2,1-2H3. The Kier molecular flexibility index (Phi) is 3.28. The second-order valence-corrected chi connectivity index (χ2v) is 4.14. The highest BCUT2D eigenvalue weighted by Crippen LogP contribution is 2.17. The van der Waals surface area contributed by atoms with Crippen LogP contribution in [0.15, 0.2) is 42.7 Å². The molecular weight excluding hydrogens is 226 g/mol. The van der Waals surface area contributed by atoms with Gasteiger partial charge < -0.3 is 10.6 Å². The minimum absolute atomic E-state index is 0.0899. The molecule has 2 N–H and O–H groups in total. The van der Waals surface area contributed by atoms with Crippen molar-refractivity contribution < 1.29 is 4.79 Å². The van der Waals surface area contributed by atoms with Gasteiger partial charge in [0.05, 0.1) is 0 Å². The number of benzene rings is 1. The van der Waals surface area contributed by atoms with Gasteiger partial charge in [-0.25, -0.2) is 0 Å². The number of anilines is 2. The lowest BCUT2D eigenvalue weighted by Crippen LogP contribution is -2.26. The SMILES string of the molecule is Cc1ccc(C(=O)N(C)c2ccncc2)cc1N. The van der Waals surface area contributed by atoms with Crippen molar-refractivity contribution in [2.24, 2.45) is 0 Å². The number of nitrogens with zero attached hydrogens (tertiary/aromatic N) is 2. The fourth-order valence-corrected chi connectivity index (χ4v) is 1.65. The van der Waals surface area contributed by atoms with Gasteiger partial charge in [0.25, 0.3) is 5.91 Å². The molecule has 0 radical (unpaired) electrons. The zero-order chi connectivity index (χ0) is 13.1. The summed E-state index contributed by atoms with van der Waals surface area (Å²) >= 11 is 0. The summed E-state index contributed by atoms with van der Waals surface area (Å²) in [5, 5.41) is 0. The molecule has 4 heteroatoms. The molecule has 92 valence electrons. The number of pyridine rings is 1. The highest BCUT2D eigenvalue weighted by molar-refractivity contribution is 6.06. The van der Waals surface area contributed by atoms with Crippen molar-refractivity contribution in [1.82, 2.24) is 4.98 Å². The zero-order valence-electron chi connectivity index (χ0n) is 10.4. The van der Waals surface area contributed by atoms with Crippen LogP contribution in [-0.4, -0.2) is 17.9 Å². The maximum atomic E-state index is 12.3. The predicted octanol–water partition coefficient (Wildman–Crippen LogP) is 2.25. The Hall–Kier alpha value is -2.36. The van der Waals surface area contributed by atoms with Crippen LogP contribution >= 0.6 is 0 Å². The molecule has 0 aliphatic carbocycles. The van der Waals surface area contributed by atoms with Crippen LogP contribution in [0.1, 0.15) is 15.9 Å². The summed E-state index contributed by atoms with van der Waals surface area (Å²) in [5.74, 6) is -0.0899. The highest BCUT2D eigenvalue weighted by Gasteiger charge is 2.13. The summed E-state index contributed by atoms with van der Waals surface area (Å²) in [6.45, 7) is 1.91. The van der Waals surface area contributed by atoms with E-state index >= 15 is 0 Å². The van der Waals surface area contributed by atoms with E-state index in [9.17, 15) is 4.79 Å². The summed E-state index contributed by atoms with van der Waals surface area (Å²) in [5.41, 5.74) is 8.80. The van der Waals surface area contributed by atoms with Crippen molar-refractivity contribution in [2.75, 3.05) is 17.7 Å². The molecule has 0 aliphatic rings. The van der Waals surface area contributed by atoms with Crippen molar-refractivity contribution in [1.29, 1.82) is 0 Å². The molecule has 1 aromatic carbocycles. The summed E-state index contributed by atoms with van der Waals surface area (Å²) < 4.78 is 0. The number of carbonyl (C=O) groups is 1. The minimum atomic E-state index is -0.0899. The van der Waals surface area contributed by atoms with Gasteiger partial charge in [-0.2, -0.15) is 0 Å². The zero-order valence-corrected chi connectivity index (χ0v) is 10.4. The lowest BCUT2D eigenvalue weighted by molar-refractivity contribution is 0.0993. The number of carbonyl (C=O) groups excluding carboxylic acids is 1. The van der Waals surface area contributed by atoms with E-state index in [-0.39, 0.29) is 5.91 Å². The molecule has 1 amide bonds. The Bertz CT molecular complexity index is 567. The molecule has 0 saturated heterocycles. The van der Waals surface area contributed by atoms with Gasteiger partial charge >= 0.3 is 0 Å². The van der Waals surface area contributed by atoms with E-state index in [4.69, 9.17) is 5.73 Å². The molecule has 4 nitrogen and oxygen atoms in total. The average molecular weight is 241 g/mol. The minimum Gasteiger partial charge on any atom is -0.398 e. The molecule has 1 aromatic heterocycles. The average Bonchev–Trinajstić information content (AvgIpc) is 2.41. The molecule has 0 bridgehead atoms. The van der Waals surface area contributed by atoms with Gasteiger partial charge in [0.1, 0.15) is 0 Å². The van der Waals surface area contributed by atoms with E-state index in [2.05, 4.69) is 4.98 Å². The van der Waals surface area contributed by atoms with Crippen LogP contribution in [0.4, 0.5) is 11.4 Å². The van der Waals surface area contributed by atoms with Crippen LogP contribution in [0.5, 0.6) is 0 Å². The van der Waals surface area contributed by atoms with E-state index < -0.39 is 0 Å². The second kappa shape index (κ2) is 4.87. The van der Waals surface area contributed by atoms with Crippen LogP contribution in [0, 0.1) is 6.92 Å². The molecule has 0 atom stereocenters. The maximum Gasteiger partial charge on any atom is 0.258 e. The molecule has 0 fully saturated rings. The number of hydrogen-bond acceptors (Lipinski definition) is 3. The van der Waals surface area contributed by atoms with Crippen LogP contribution in [0.25, 0.3) is 0 Å². The predicted molar refractivity (Wildman–Crippen MR) is 72.6 cm³/mol. The molecule has 2 rings (SSSR count). The van der Waals surface area contributed by atoms with Gasteiger partial charge in [-0.3, -0.25) is 9.78 Å². The third-order valence-corrected chi connectivity index (χ3v) is 2.88. The molecule has 18 heavy (non-hydrogen) atoms. The van der Waals surface area contributed by atoms with E-state index in [0.29, 0.717) is 11.3 Å². The Balaban J connectivity index is 2.29. The molecule has 0 aliphatic heterocycles. The van der Waals surface area contributed by atoms with E-state index in [1.54, 1.807) is 48.6 Å². The summed E-state index contributed by atoms with van der Waals surface area (Å²) in [4.78, 5) is 17.8. The van der Waals surface area contributed by atoms with E-state index in [1.807, 2.05) is 13.0 Å². The van der Waals surface area contributed by atoms with Crippen molar-refractivity contribution in [2.45, 2.75) is 6.92 Å². The Morgan fingerprint density at radius 3 is 2.50 bits per heavy atom. The molecule has 2 aromatic rings.